The molecule has 0 aliphatic heterocycles. The summed E-state index contributed by atoms with van der Waals surface area (Å²) in [4.78, 5) is 2.41. The third-order valence-electron chi connectivity index (χ3n) is 10.7. The molecule has 53 heavy (non-hydrogen) atoms. The molecule has 11 rings (SSSR count). The highest BCUT2D eigenvalue weighted by molar-refractivity contribution is 7.26. The Labute approximate surface area is 310 Å². The lowest BCUT2D eigenvalue weighted by Gasteiger charge is -2.26. The molecule has 2 heterocycles. The zero-order chi connectivity index (χ0) is 34.9. The molecule has 0 atom stereocenters. The largest absolute Gasteiger partial charge is 0.456 e. The second-order valence-corrected chi connectivity index (χ2v) is 14.7. The van der Waals surface area contributed by atoms with Gasteiger partial charge in [0.1, 0.15) is 11.2 Å². The summed E-state index contributed by atoms with van der Waals surface area (Å²) in [6.45, 7) is 0. The van der Waals surface area contributed by atoms with Gasteiger partial charge >= 0.3 is 0 Å². The fraction of sp³-hybridized carbons (Fsp3) is 0. The number of hydrogen-bond donors (Lipinski definition) is 0. The molecule has 0 aliphatic rings. The third-order valence-corrected chi connectivity index (χ3v) is 11.9. The molecule has 2 aromatic heterocycles. The van der Waals surface area contributed by atoms with Gasteiger partial charge < -0.3 is 9.32 Å². The van der Waals surface area contributed by atoms with Crippen LogP contribution in [0.3, 0.4) is 0 Å². The van der Waals surface area contributed by atoms with Gasteiger partial charge in [-0.05, 0) is 98.4 Å². The van der Waals surface area contributed by atoms with Crippen LogP contribution in [0.4, 0.5) is 17.1 Å². The highest BCUT2D eigenvalue weighted by Crippen LogP contribution is 2.46. The van der Waals surface area contributed by atoms with Gasteiger partial charge in [-0.3, -0.25) is 0 Å². The standard InChI is InChI=1S/C50H31NOS/c1-2-13-38-32(10-1)11-7-16-39(38)33-22-26-36(27-23-33)51(46-19-9-18-43-42-15-4-6-21-49(42)53-50(43)46)37-28-24-34(25-29-37)40-17-8-12-35-30-45-41-14-3-5-20-47(41)52-48(45)31-44(35)40/h1-31H. The van der Waals surface area contributed by atoms with E-state index in [9.17, 15) is 0 Å². The van der Waals surface area contributed by atoms with Crippen LogP contribution in [0.1, 0.15) is 0 Å². The molecule has 0 N–H and O–H groups in total. The number of fused-ring (bicyclic) bond motifs is 8. The predicted molar refractivity (Wildman–Crippen MR) is 227 cm³/mol. The maximum absolute atomic E-state index is 6.31. The molecule has 0 bridgehead atoms. The van der Waals surface area contributed by atoms with Crippen molar-refractivity contribution in [3.8, 4) is 22.3 Å². The number of thiophene rings is 1. The van der Waals surface area contributed by atoms with Crippen molar-refractivity contribution in [1.82, 2.24) is 0 Å². The summed E-state index contributed by atoms with van der Waals surface area (Å²) < 4.78 is 8.88. The van der Waals surface area contributed by atoms with Crippen LogP contribution in [-0.4, -0.2) is 0 Å². The van der Waals surface area contributed by atoms with Crippen LogP contribution in [-0.2, 0) is 0 Å². The topological polar surface area (TPSA) is 16.4 Å². The second-order valence-electron chi connectivity index (χ2n) is 13.7. The monoisotopic (exact) mass is 693 g/mol. The van der Waals surface area contributed by atoms with Crippen molar-refractivity contribution in [2.45, 2.75) is 0 Å². The minimum Gasteiger partial charge on any atom is -0.456 e. The van der Waals surface area contributed by atoms with Gasteiger partial charge in [-0.2, -0.15) is 0 Å². The molecule has 0 radical (unpaired) electrons. The highest BCUT2D eigenvalue weighted by atomic mass is 32.1. The minimum absolute atomic E-state index is 0.914. The third kappa shape index (κ3) is 4.86. The highest BCUT2D eigenvalue weighted by Gasteiger charge is 2.19. The van der Waals surface area contributed by atoms with Crippen molar-refractivity contribution < 1.29 is 4.42 Å². The van der Waals surface area contributed by atoms with Gasteiger partial charge in [0.15, 0.2) is 0 Å². The normalized spacial score (nSPS) is 11.8. The van der Waals surface area contributed by atoms with Crippen LogP contribution in [0.15, 0.2) is 192 Å². The van der Waals surface area contributed by atoms with Gasteiger partial charge in [0.2, 0.25) is 0 Å². The number of furan rings is 1. The average molecular weight is 694 g/mol. The van der Waals surface area contributed by atoms with Crippen molar-refractivity contribution in [2.24, 2.45) is 0 Å². The Morgan fingerprint density at radius 3 is 1.74 bits per heavy atom. The Hall–Kier alpha value is -6.68. The van der Waals surface area contributed by atoms with E-state index in [1.165, 1.54) is 69.7 Å². The number of nitrogens with zero attached hydrogens (tertiary/aromatic N) is 1. The molecular formula is C50H31NOS. The molecular weight excluding hydrogens is 663 g/mol. The van der Waals surface area contributed by atoms with E-state index in [1.54, 1.807) is 0 Å². The lowest BCUT2D eigenvalue weighted by Crippen LogP contribution is -2.10. The van der Waals surface area contributed by atoms with Crippen LogP contribution in [0.2, 0.25) is 0 Å². The molecule has 9 aromatic carbocycles. The molecule has 0 fully saturated rings. The first-order valence-electron chi connectivity index (χ1n) is 18.0. The smallest absolute Gasteiger partial charge is 0.136 e. The summed E-state index contributed by atoms with van der Waals surface area (Å²) in [5.41, 5.74) is 10.0. The Bertz CT molecular complexity index is 3160. The van der Waals surface area contributed by atoms with Gasteiger partial charge in [-0.15, -0.1) is 11.3 Å². The quantitative estimate of drug-likeness (QED) is 0.178. The molecule has 2 nitrogen and oxygen atoms in total. The molecule has 11 aromatic rings. The maximum Gasteiger partial charge on any atom is 0.136 e. The summed E-state index contributed by atoms with van der Waals surface area (Å²) in [5, 5.41) is 9.78. The molecule has 0 saturated heterocycles. The van der Waals surface area contributed by atoms with Crippen molar-refractivity contribution >= 4 is 92.1 Å². The van der Waals surface area contributed by atoms with E-state index < -0.39 is 0 Å². The van der Waals surface area contributed by atoms with E-state index in [1.807, 2.05) is 23.5 Å². The van der Waals surface area contributed by atoms with Crippen LogP contribution in [0.25, 0.3) is 85.9 Å². The van der Waals surface area contributed by atoms with E-state index in [0.29, 0.717) is 0 Å². The molecule has 248 valence electrons. The first-order valence-corrected chi connectivity index (χ1v) is 18.8. The van der Waals surface area contributed by atoms with Gasteiger partial charge in [-0.25, -0.2) is 0 Å². The molecule has 0 saturated carbocycles. The first-order chi connectivity index (χ1) is 26.3. The van der Waals surface area contributed by atoms with Gasteiger partial charge in [-0.1, -0.05) is 133 Å². The van der Waals surface area contributed by atoms with Crippen LogP contribution in [0.5, 0.6) is 0 Å². The van der Waals surface area contributed by atoms with Crippen LogP contribution < -0.4 is 4.90 Å². The van der Waals surface area contributed by atoms with E-state index in [4.69, 9.17) is 4.42 Å². The van der Waals surface area contributed by atoms with Gasteiger partial charge in [0, 0.05) is 37.6 Å². The lowest BCUT2D eigenvalue weighted by molar-refractivity contribution is 0.669. The number of para-hydroxylation sites is 1. The summed E-state index contributed by atoms with van der Waals surface area (Å²) in [7, 11) is 0. The van der Waals surface area contributed by atoms with Gasteiger partial charge in [0.05, 0.1) is 10.4 Å². The number of benzene rings is 9. The number of anilines is 3. The van der Waals surface area contributed by atoms with Crippen molar-refractivity contribution in [3.63, 3.8) is 0 Å². The average Bonchev–Trinajstić information content (AvgIpc) is 3.79. The van der Waals surface area contributed by atoms with E-state index in [2.05, 4.69) is 181 Å². The van der Waals surface area contributed by atoms with Crippen molar-refractivity contribution in [2.75, 3.05) is 4.90 Å². The second kappa shape index (κ2) is 11.9. The molecule has 0 spiro atoms. The first kappa shape index (κ1) is 30.0. The minimum atomic E-state index is 0.914. The Balaban J connectivity index is 1.05. The summed E-state index contributed by atoms with van der Waals surface area (Å²) in [6.07, 6.45) is 0. The molecule has 0 amide bonds. The Morgan fingerprint density at radius 1 is 0.377 bits per heavy atom. The Morgan fingerprint density at radius 2 is 0.962 bits per heavy atom. The molecule has 0 unspecified atom stereocenters. The van der Waals surface area contributed by atoms with Crippen LogP contribution >= 0.6 is 11.3 Å². The SMILES string of the molecule is c1ccc2c(-c3ccc(N(c4ccc(-c5cccc6cc7c(cc56)oc5ccccc57)cc4)c4cccc5c4sc4ccccc45)cc3)cccc2c1. The molecule has 3 heteroatoms. The summed E-state index contributed by atoms with van der Waals surface area (Å²) in [6, 6.07) is 68.0. The summed E-state index contributed by atoms with van der Waals surface area (Å²) >= 11 is 1.86. The predicted octanol–water partition coefficient (Wildman–Crippen LogP) is 15.1. The lowest BCUT2D eigenvalue weighted by atomic mass is 9.96. The number of rotatable bonds is 5. The summed E-state index contributed by atoms with van der Waals surface area (Å²) in [5.74, 6) is 0. The van der Waals surface area contributed by atoms with E-state index in [-0.39, 0.29) is 0 Å². The zero-order valence-corrected chi connectivity index (χ0v) is 29.5. The fourth-order valence-electron chi connectivity index (χ4n) is 8.14. The zero-order valence-electron chi connectivity index (χ0n) is 28.7. The molecule has 0 aliphatic carbocycles. The van der Waals surface area contributed by atoms with Crippen molar-refractivity contribution in [1.29, 1.82) is 0 Å². The van der Waals surface area contributed by atoms with E-state index >= 15 is 0 Å². The number of hydrogen-bond acceptors (Lipinski definition) is 3. The fourth-order valence-corrected chi connectivity index (χ4v) is 9.35. The van der Waals surface area contributed by atoms with Gasteiger partial charge in [0.25, 0.3) is 0 Å². The van der Waals surface area contributed by atoms with Crippen LogP contribution in [0, 0.1) is 0 Å². The van der Waals surface area contributed by atoms with Crippen molar-refractivity contribution in [3.05, 3.63) is 188 Å². The Kier molecular flexibility index (Phi) is 6.76. The maximum atomic E-state index is 6.31. The van der Waals surface area contributed by atoms with E-state index in [0.717, 1.165) is 33.3 Å².